The third-order valence-electron chi connectivity index (χ3n) is 4.05. The molecule has 0 unspecified atom stereocenters. The van der Waals surface area contributed by atoms with Crippen molar-refractivity contribution >= 4 is 29.2 Å². The molecule has 1 saturated heterocycles. The highest BCUT2D eigenvalue weighted by molar-refractivity contribution is 7.08. The summed E-state index contributed by atoms with van der Waals surface area (Å²) >= 11 is 1.54. The van der Waals surface area contributed by atoms with Gasteiger partial charge in [0.05, 0.1) is 6.54 Å². The van der Waals surface area contributed by atoms with Gasteiger partial charge in [0.2, 0.25) is 11.8 Å². The summed E-state index contributed by atoms with van der Waals surface area (Å²) in [5.74, 6) is -0.759. The number of hydrogen-bond acceptors (Lipinski definition) is 4. The molecule has 2 heterocycles. The number of amides is 4. The van der Waals surface area contributed by atoms with Gasteiger partial charge in [-0.3, -0.25) is 19.8 Å². The lowest BCUT2D eigenvalue weighted by atomic mass is 9.66. The zero-order valence-corrected chi connectivity index (χ0v) is 11.4. The Morgan fingerprint density at radius 1 is 1.32 bits per heavy atom. The van der Waals surface area contributed by atoms with Gasteiger partial charge in [-0.2, -0.15) is 11.3 Å². The first-order chi connectivity index (χ1) is 9.04. The minimum Gasteiger partial charge on any atom is -0.277 e. The number of nitrogens with zero attached hydrogens (tertiary/aromatic N) is 1. The van der Waals surface area contributed by atoms with Crippen LogP contribution < -0.4 is 5.32 Å². The van der Waals surface area contributed by atoms with Crippen molar-refractivity contribution < 1.29 is 14.4 Å². The van der Waals surface area contributed by atoms with Crippen molar-refractivity contribution in [3.8, 4) is 0 Å². The second-order valence-corrected chi connectivity index (χ2v) is 5.91. The Kier molecular flexibility index (Phi) is 2.70. The quantitative estimate of drug-likeness (QED) is 0.839. The van der Waals surface area contributed by atoms with E-state index >= 15 is 0 Å². The molecule has 5 nitrogen and oxygen atoms in total. The number of rotatable bonds is 2. The van der Waals surface area contributed by atoms with E-state index in [9.17, 15) is 14.4 Å². The van der Waals surface area contributed by atoms with Crippen molar-refractivity contribution in [2.75, 3.05) is 0 Å². The van der Waals surface area contributed by atoms with Gasteiger partial charge >= 0.3 is 6.03 Å². The number of thiophene rings is 1. The van der Waals surface area contributed by atoms with E-state index < -0.39 is 17.4 Å². The van der Waals surface area contributed by atoms with Crippen molar-refractivity contribution in [3.05, 3.63) is 21.9 Å². The van der Waals surface area contributed by atoms with Crippen LogP contribution in [0.2, 0.25) is 0 Å². The fourth-order valence-electron chi connectivity index (χ4n) is 2.57. The van der Waals surface area contributed by atoms with Crippen LogP contribution in [0.25, 0.3) is 0 Å². The van der Waals surface area contributed by atoms with E-state index in [1.54, 1.807) is 11.3 Å². The molecule has 1 aliphatic carbocycles. The predicted octanol–water partition coefficient (Wildman–Crippen LogP) is 1.81. The van der Waals surface area contributed by atoms with Crippen LogP contribution in [0.3, 0.4) is 0 Å². The third kappa shape index (κ3) is 1.70. The molecule has 19 heavy (non-hydrogen) atoms. The topological polar surface area (TPSA) is 66.5 Å². The summed E-state index contributed by atoms with van der Waals surface area (Å²) < 4.78 is 0. The molecule has 0 aromatic carbocycles. The maximum atomic E-state index is 12.4. The average Bonchev–Trinajstić information content (AvgIpc) is 2.68. The minimum atomic E-state index is -0.974. The Labute approximate surface area is 114 Å². The summed E-state index contributed by atoms with van der Waals surface area (Å²) in [4.78, 5) is 37.3. The molecule has 3 rings (SSSR count). The molecule has 1 aliphatic heterocycles. The predicted molar refractivity (Wildman–Crippen MR) is 69.4 cm³/mol. The highest BCUT2D eigenvalue weighted by atomic mass is 32.1. The van der Waals surface area contributed by atoms with Crippen LogP contribution in [-0.2, 0) is 16.1 Å². The fraction of sp³-hybridized carbons (Fsp3) is 0.462. The standard InChI is InChI=1S/C13H14N2O3S/c1-8-6-19-7-9(8)5-15-11(17)13(3-2-4-13)10(16)14-12(15)18/h6-7H,2-5H2,1H3,(H,14,16,18). The molecule has 1 aromatic rings. The van der Waals surface area contributed by atoms with Gasteiger partial charge in [-0.25, -0.2) is 4.79 Å². The van der Waals surface area contributed by atoms with Gasteiger partial charge in [0.1, 0.15) is 5.41 Å². The molecule has 100 valence electrons. The van der Waals surface area contributed by atoms with Gasteiger partial charge in [-0.15, -0.1) is 0 Å². The summed E-state index contributed by atoms with van der Waals surface area (Å²) in [7, 11) is 0. The van der Waals surface area contributed by atoms with Crippen molar-refractivity contribution in [1.82, 2.24) is 10.2 Å². The van der Waals surface area contributed by atoms with Crippen molar-refractivity contribution in [1.29, 1.82) is 0 Å². The second kappa shape index (κ2) is 4.16. The van der Waals surface area contributed by atoms with Crippen molar-refractivity contribution in [2.24, 2.45) is 5.41 Å². The fourth-order valence-corrected chi connectivity index (χ4v) is 3.41. The maximum Gasteiger partial charge on any atom is 0.331 e. The van der Waals surface area contributed by atoms with Gasteiger partial charge in [-0.05, 0) is 41.7 Å². The Balaban J connectivity index is 1.88. The molecule has 2 aliphatic rings. The normalized spacial score (nSPS) is 21.5. The molecule has 0 atom stereocenters. The molecule has 6 heteroatoms. The number of carbonyl (C=O) groups is 3. The van der Waals surface area contributed by atoms with Gasteiger partial charge in [0.15, 0.2) is 0 Å². The van der Waals surface area contributed by atoms with Crippen molar-refractivity contribution in [2.45, 2.75) is 32.7 Å². The first kappa shape index (κ1) is 12.3. The van der Waals surface area contributed by atoms with Crippen LogP contribution in [-0.4, -0.2) is 22.7 Å². The molecular formula is C13H14N2O3S. The summed E-state index contributed by atoms with van der Waals surface area (Å²) in [5.41, 5.74) is 1.04. The van der Waals surface area contributed by atoms with Crippen molar-refractivity contribution in [3.63, 3.8) is 0 Å². The number of imide groups is 2. The van der Waals surface area contributed by atoms with E-state index in [2.05, 4.69) is 5.32 Å². The first-order valence-electron chi connectivity index (χ1n) is 6.24. The molecule has 1 N–H and O–H groups in total. The molecular weight excluding hydrogens is 264 g/mol. The summed E-state index contributed by atoms with van der Waals surface area (Å²) in [5, 5.41) is 6.22. The highest BCUT2D eigenvalue weighted by Crippen LogP contribution is 2.44. The van der Waals surface area contributed by atoms with Gasteiger partial charge in [0, 0.05) is 0 Å². The number of barbiturate groups is 1. The van der Waals surface area contributed by atoms with E-state index in [0.717, 1.165) is 17.5 Å². The van der Waals surface area contributed by atoms with Crippen LogP contribution in [0, 0.1) is 12.3 Å². The number of nitrogens with one attached hydrogen (secondary N) is 1. The maximum absolute atomic E-state index is 12.4. The lowest BCUT2D eigenvalue weighted by Crippen LogP contribution is -2.65. The number of hydrogen-bond donors (Lipinski definition) is 1. The van der Waals surface area contributed by atoms with Crippen LogP contribution >= 0.6 is 11.3 Å². The monoisotopic (exact) mass is 278 g/mol. The van der Waals surface area contributed by atoms with Crippen LogP contribution in [0.15, 0.2) is 10.8 Å². The molecule has 1 spiro atoms. The highest BCUT2D eigenvalue weighted by Gasteiger charge is 2.57. The molecule has 0 radical (unpaired) electrons. The van der Waals surface area contributed by atoms with Crippen LogP contribution in [0.5, 0.6) is 0 Å². The molecule has 1 aromatic heterocycles. The lowest BCUT2D eigenvalue weighted by molar-refractivity contribution is -0.158. The Morgan fingerprint density at radius 3 is 2.58 bits per heavy atom. The van der Waals surface area contributed by atoms with E-state index in [1.165, 1.54) is 4.90 Å². The SMILES string of the molecule is Cc1cscc1CN1C(=O)NC(=O)C2(CCC2)C1=O. The van der Waals surface area contributed by atoms with Crippen LogP contribution in [0.1, 0.15) is 30.4 Å². The summed E-state index contributed by atoms with van der Waals surface area (Å²) in [6.45, 7) is 2.19. The Bertz CT molecular complexity index is 574. The first-order valence-corrected chi connectivity index (χ1v) is 7.18. The summed E-state index contributed by atoms with van der Waals surface area (Å²) in [6, 6.07) is -0.599. The third-order valence-corrected chi connectivity index (χ3v) is 4.96. The zero-order chi connectivity index (χ0) is 13.6. The second-order valence-electron chi connectivity index (χ2n) is 5.17. The van der Waals surface area contributed by atoms with Gasteiger partial charge in [0.25, 0.3) is 0 Å². The zero-order valence-electron chi connectivity index (χ0n) is 10.6. The van der Waals surface area contributed by atoms with Gasteiger partial charge < -0.3 is 0 Å². The van der Waals surface area contributed by atoms with E-state index in [4.69, 9.17) is 0 Å². The molecule has 2 fully saturated rings. The Morgan fingerprint density at radius 2 is 2.05 bits per heavy atom. The smallest absolute Gasteiger partial charge is 0.277 e. The molecule has 0 bridgehead atoms. The Hall–Kier alpha value is -1.69. The largest absolute Gasteiger partial charge is 0.331 e. The van der Waals surface area contributed by atoms with E-state index in [0.29, 0.717) is 12.8 Å². The minimum absolute atomic E-state index is 0.245. The van der Waals surface area contributed by atoms with Gasteiger partial charge in [-0.1, -0.05) is 6.42 Å². The lowest BCUT2D eigenvalue weighted by Gasteiger charge is -2.44. The molecule has 1 saturated carbocycles. The average molecular weight is 278 g/mol. The summed E-state index contributed by atoms with van der Waals surface area (Å²) in [6.07, 6.45) is 1.95. The van der Waals surface area contributed by atoms with Crippen LogP contribution in [0.4, 0.5) is 4.79 Å². The van der Waals surface area contributed by atoms with E-state index in [-0.39, 0.29) is 12.5 Å². The number of urea groups is 1. The number of aryl methyl sites for hydroxylation is 1. The number of carbonyl (C=O) groups excluding carboxylic acids is 3. The van der Waals surface area contributed by atoms with E-state index in [1.807, 2.05) is 17.7 Å². The molecule has 4 amide bonds.